The lowest BCUT2D eigenvalue weighted by Crippen LogP contribution is -2.36. The van der Waals surface area contributed by atoms with Crippen molar-refractivity contribution in [1.29, 1.82) is 0 Å². The van der Waals surface area contributed by atoms with Crippen LogP contribution < -0.4 is 22.0 Å². The third-order valence-corrected chi connectivity index (χ3v) is 8.50. The minimum Gasteiger partial charge on any atom is -0.593 e. The summed E-state index contributed by atoms with van der Waals surface area (Å²) in [5.74, 6) is 4.54. The number of ether oxygens (including phenoxy) is 2. The molecule has 0 aromatic heterocycles. The van der Waals surface area contributed by atoms with Crippen LogP contribution in [0.2, 0.25) is 0 Å². The molecule has 232 valence electrons. The van der Waals surface area contributed by atoms with Gasteiger partial charge in [-0.25, -0.2) is 10.6 Å². The molecule has 1 saturated carbocycles. The SMILES string of the molecule is CC[C@@H]1CN(Cc2cccc(N=C(C(=CN)C(=O)OC)[C@@H]3CC3/C(N)=C/N(N)CC(F)(F)F)c2)[S+]([O-])c2ccccc2O1. The van der Waals surface area contributed by atoms with Crippen molar-refractivity contribution >= 4 is 28.7 Å². The Hall–Kier alpha value is -3.72. The van der Waals surface area contributed by atoms with Gasteiger partial charge in [-0.1, -0.05) is 31.2 Å². The van der Waals surface area contributed by atoms with Crippen molar-refractivity contribution in [3.8, 4) is 5.75 Å². The molecule has 10 nitrogen and oxygen atoms in total. The molecule has 0 spiro atoms. The second-order valence-corrected chi connectivity index (χ2v) is 11.7. The van der Waals surface area contributed by atoms with Gasteiger partial charge in [0.15, 0.2) is 5.75 Å². The van der Waals surface area contributed by atoms with Crippen LogP contribution in [0.3, 0.4) is 0 Å². The number of hydrogen-bond acceptors (Lipinski definition) is 10. The van der Waals surface area contributed by atoms with Gasteiger partial charge in [0.05, 0.1) is 48.5 Å². The number of carbonyl (C=O) groups excluding carboxylic acids is 1. The largest absolute Gasteiger partial charge is 0.593 e. The summed E-state index contributed by atoms with van der Waals surface area (Å²) in [6.07, 6.45) is -1.38. The van der Waals surface area contributed by atoms with E-state index in [0.717, 1.165) is 24.4 Å². The number of nitrogens with two attached hydrogens (primary N) is 3. The molecule has 4 atom stereocenters. The summed E-state index contributed by atoms with van der Waals surface area (Å²) >= 11 is -1.46. The third-order valence-electron chi connectivity index (χ3n) is 7.04. The highest BCUT2D eigenvalue weighted by Gasteiger charge is 2.45. The van der Waals surface area contributed by atoms with Gasteiger partial charge in [0.1, 0.15) is 12.6 Å². The number of allylic oxidation sites excluding steroid dienone is 1. The van der Waals surface area contributed by atoms with Crippen LogP contribution in [-0.2, 0) is 27.4 Å². The molecule has 0 saturated heterocycles. The Morgan fingerprint density at radius 2 is 2.00 bits per heavy atom. The summed E-state index contributed by atoms with van der Waals surface area (Å²) in [5.41, 5.74) is 13.6. The topological polar surface area (TPSA) is 155 Å². The molecule has 1 aliphatic heterocycles. The van der Waals surface area contributed by atoms with Crippen molar-refractivity contribution in [2.45, 2.75) is 43.5 Å². The first-order valence-electron chi connectivity index (χ1n) is 13.6. The summed E-state index contributed by atoms with van der Waals surface area (Å²) in [6, 6.07) is 14.5. The smallest absolute Gasteiger partial charge is 0.407 e. The third kappa shape index (κ3) is 8.22. The highest BCUT2D eigenvalue weighted by atomic mass is 32.2. The van der Waals surface area contributed by atoms with Crippen LogP contribution in [-0.4, -0.2) is 58.0 Å². The summed E-state index contributed by atoms with van der Waals surface area (Å²) in [5, 5.41) is 0.476. The summed E-state index contributed by atoms with van der Waals surface area (Å²) in [7, 11) is 1.21. The van der Waals surface area contributed by atoms with Crippen molar-refractivity contribution in [3.05, 3.63) is 77.8 Å². The quantitative estimate of drug-likeness (QED) is 0.0902. The highest BCUT2D eigenvalue weighted by molar-refractivity contribution is 7.89. The maximum absolute atomic E-state index is 13.5. The Labute approximate surface area is 251 Å². The maximum Gasteiger partial charge on any atom is 0.407 e. The van der Waals surface area contributed by atoms with Crippen molar-refractivity contribution in [2.24, 2.45) is 34.1 Å². The molecule has 14 heteroatoms. The van der Waals surface area contributed by atoms with Gasteiger partial charge in [-0.2, -0.15) is 13.2 Å². The maximum atomic E-state index is 13.5. The number of benzene rings is 2. The molecule has 0 amide bonds. The molecule has 0 bridgehead atoms. The number of methoxy groups -OCH3 is 1. The molecule has 1 heterocycles. The van der Waals surface area contributed by atoms with Crippen LogP contribution in [0.5, 0.6) is 5.75 Å². The Bertz CT molecular complexity index is 1400. The number of fused-ring (bicyclic) bond motifs is 1. The van der Waals surface area contributed by atoms with Gasteiger partial charge in [0.2, 0.25) is 4.90 Å². The fourth-order valence-electron chi connectivity index (χ4n) is 4.86. The lowest BCUT2D eigenvalue weighted by atomic mass is 10.0. The van der Waals surface area contributed by atoms with Crippen molar-refractivity contribution in [3.63, 3.8) is 0 Å². The van der Waals surface area contributed by atoms with E-state index in [1.165, 1.54) is 7.11 Å². The van der Waals surface area contributed by atoms with E-state index in [1.807, 2.05) is 41.6 Å². The number of aliphatic imine (C=N–C) groups is 1. The van der Waals surface area contributed by atoms with Crippen LogP contribution in [0.25, 0.3) is 0 Å². The molecule has 1 aliphatic carbocycles. The van der Waals surface area contributed by atoms with E-state index in [1.54, 1.807) is 18.2 Å². The molecular weight excluding hydrogens is 585 g/mol. The second-order valence-electron chi connectivity index (χ2n) is 10.3. The summed E-state index contributed by atoms with van der Waals surface area (Å²) in [4.78, 5) is 17.9. The van der Waals surface area contributed by atoms with Crippen molar-refractivity contribution in [1.82, 2.24) is 9.31 Å². The normalized spacial score (nSPS) is 23.2. The molecule has 2 aliphatic rings. The Morgan fingerprint density at radius 3 is 2.67 bits per heavy atom. The van der Waals surface area contributed by atoms with E-state index in [2.05, 4.69) is 0 Å². The Balaban J connectivity index is 1.60. The van der Waals surface area contributed by atoms with Crippen LogP contribution in [0, 0.1) is 11.8 Å². The number of hydrogen-bond donors (Lipinski definition) is 3. The van der Waals surface area contributed by atoms with Crippen LogP contribution in [0.15, 0.2) is 82.1 Å². The van der Waals surface area contributed by atoms with Crippen molar-refractivity contribution < 1.29 is 32.0 Å². The van der Waals surface area contributed by atoms with E-state index < -0.39 is 41.9 Å². The molecule has 2 aromatic rings. The van der Waals surface area contributed by atoms with Crippen molar-refractivity contribution in [2.75, 3.05) is 20.2 Å². The number of para-hydroxylation sites is 1. The predicted octanol–water partition coefficient (Wildman–Crippen LogP) is 3.64. The van der Waals surface area contributed by atoms with Crippen LogP contribution in [0.1, 0.15) is 25.3 Å². The Kier molecular flexibility index (Phi) is 10.3. The number of esters is 1. The fraction of sp³-hybridized carbons (Fsp3) is 0.379. The first-order valence-corrected chi connectivity index (χ1v) is 14.7. The van der Waals surface area contributed by atoms with Crippen LogP contribution >= 0.6 is 0 Å². The van der Waals surface area contributed by atoms with Gasteiger partial charge in [-0.05, 0) is 42.7 Å². The van der Waals surface area contributed by atoms with Gasteiger partial charge in [0.25, 0.3) is 0 Å². The minimum atomic E-state index is -4.50. The number of nitrogens with zero attached hydrogens (tertiary/aromatic N) is 3. The van der Waals surface area contributed by atoms with E-state index in [4.69, 9.17) is 31.8 Å². The second kappa shape index (κ2) is 13.7. The molecule has 0 radical (unpaired) electrons. The Morgan fingerprint density at radius 1 is 1.26 bits per heavy atom. The predicted molar refractivity (Wildman–Crippen MR) is 157 cm³/mol. The number of hydrazine groups is 1. The van der Waals surface area contributed by atoms with Gasteiger partial charge in [-0.3, -0.25) is 4.99 Å². The number of halogens is 3. The van der Waals surface area contributed by atoms with Crippen LogP contribution in [0.4, 0.5) is 18.9 Å². The van der Waals surface area contributed by atoms with E-state index in [9.17, 15) is 22.5 Å². The molecule has 2 aromatic carbocycles. The molecular formula is C29H35F3N6O4S. The first-order chi connectivity index (χ1) is 20.4. The minimum absolute atomic E-state index is 0.0151. The summed E-state index contributed by atoms with van der Waals surface area (Å²) in [6.45, 7) is 1.42. The standard InChI is InChI=1S/C29H35F3N6O4S/c1-3-20-15-38(43(40)26-10-5-4-9-25(26)42-20)14-18-7-6-8-19(11-18)36-27(23(13-33)28(39)41-2)22-12-21(22)24(34)16-37(35)17-29(30,31)32/h4-11,13,16,20-22H,3,12,14-15,17,33-35H2,1-2H3/b23-13?,24-16-,36-27?/t20-,21?,22-,43?/m1/s1. The number of alkyl halides is 3. The average Bonchev–Trinajstić information content (AvgIpc) is 3.77. The van der Waals surface area contributed by atoms with E-state index in [0.29, 0.717) is 46.6 Å². The average molecular weight is 621 g/mol. The van der Waals surface area contributed by atoms with Gasteiger partial charge in [0, 0.05) is 29.9 Å². The molecule has 4 rings (SSSR count). The number of carbonyl (C=O) groups is 1. The fourth-order valence-corrected chi connectivity index (χ4v) is 6.19. The number of rotatable bonds is 10. The van der Waals surface area contributed by atoms with E-state index >= 15 is 0 Å². The monoisotopic (exact) mass is 620 g/mol. The first kappa shape index (κ1) is 32.2. The highest BCUT2D eigenvalue weighted by Crippen LogP contribution is 2.46. The molecule has 6 N–H and O–H groups in total. The van der Waals surface area contributed by atoms with Gasteiger partial charge in [-0.15, -0.1) is 4.31 Å². The summed E-state index contributed by atoms with van der Waals surface area (Å²) < 4.78 is 64.5. The van der Waals surface area contributed by atoms with Gasteiger partial charge < -0.3 is 30.5 Å². The lowest BCUT2D eigenvalue weighted by Gasteiger charge is -2.23. The van der Waals surface area contributed by atoms with Gasteiger partial charge >= 0.3 is 12.1 Å². The van der Waals surface area contributed by atoms with E-state index in [-0.39, 0.29) is 17.4 Å². The molecule has 1 fully saturated rings. The zero-order chi connectivity index (χ0) is 31.3. The lowest BCUT2D eigenvalue weighted by molar-refractivity contribution is -0.140. The zero-order valence-corrected chi connectivity index (χ0v) is 24.6. The molecule has 2 unspecified atom stereocenters. The molecule has 43 heavy (non-hydrogen) atoms. The zero-order valence-electron chi connectivity index (χ0n) is 23.8.